The standard InChI is InChI=1S/C20H15N3O4/c24-20(27-18-4-2-17(3-5-18)23(25)26)22-12-9-16-13-15(1-6-19(16)22)14-7-10-21-11-8-14/h1-8,10-11,13H,9,12H2. The Kier molecular flexibility index (Phi) is 4.25. The predicted molar refractivity (Wildman–Crippen MR) is 99.8 cm³/mol. The van der Waals surface area contributed by atoms with E-state index in [0.29, 0.717) is 6.54 Å². The first-order valence-corrected chi connectivity index (χ1v) is 8.39. The summed E-state index contributed by atoms with van der Waals surface area (Å²) in [6, 6.07) is 15.3. The quantitative estimate of drug-likeness (QED) is 0.515. The lowest BCUT2D eigenvalue weighted by molar-refractivity contribution is -0.384. The molecule has 2 heterocycles. The molecule has 0 N–H and O–H groups in total. The van der Waals surface area contributed by atoms with Crippen LogP contribution in [0.2, 0.25) is 0 Å². The molecule has 0 aliphatic carbocycles. The molecule has 1 aliphatic rings. The van der Waals surface area contributed by atoms with E-state index in [4.69, 9.17) is 4.74 Å². The zero-order valence-corrected chi connectivity index (χ0v) is 14.2. The summed E-state index contributed by atoms with van der Waals surface area (Å²) in [6.07, 6.45) is 3.73. The molecule has 1 amide bonds. The Morgan fingerprint density at radius 2 is 1.78 bits per heavy atom. The molecule has 0 unspecified atom stereocenters. The van der Waals surface area contributed by atoms with Gasteiger partial charge in [-0.3, -0.25) is 20.0 Å². The molecule has 1 aromatic heterocycles. The van der Waals surface area contributed by atoms with Crippen molar-refractivity contribution in [1.29, 1.82) is 0 Å². The summed E-state index contributed by atoms with van der Waals surface area (Å²) in [5.74, 6) is 0.271. The minimum absolute atomic E-state index is 0.0510. The first kappa shape index (κ1) is 16.7. The van der Waals surface area contributed by atoms with Crippen LogP contribution in [0, 0.1) is 10.1 Å². The second-order valence-corrected chi connectivity index (χ2v) is 6.10. The molecule has 0 radical (unpaired) electrons. The van der Waals surface area contributed by atoms with Crippen molar-refractivity contribution in [2.45, 2.75) is 6.42 Å². The van der Waals surface area contributed by atoms with Crippen LogP contribution < -0.4 is 9.64 Å². The number of hydrogen-bond acceptors (Lipinski definition) is 5. The molecule has 0 fully saturated rings. The molecular weight excluding hydrogens is 346 g/mol. The van der Waals surface area contributed by atoms with Crippen molar-refractivity contribution in [2.24, 2.45) is 0 Å². The topological polar surface area (TPSA) is 85.6 Å². The largest absolute Gasteiger partial charge is 0.419 e. The van der Waals surface area contributed by atoms with E-state index in [1.165, 1.54) is 24.3 Å². The summed E-state index contributed by atoms with van der Waals surface area (Å²) >= 11 is 0. The van der Waals surface area contributed by atoms with Gasteiger partial charge in [0, 0.05) is 31.1 Å². The number of rotatable bonds is 3. The Hall–Kier alpha value is -3.74. The Morgan fingerprint density at radius 1 is 1.04 bits per heavy atom. The van der Waals surface area contributed by atoms with Crippen molar-refractivity contribution < 1.29 is 14.5 Å². The van der Waals surface area contributed by atoms with Crippen molar-refractivity contribution >= 4 is 17.5 Å². The van der Waals surface area contributed by atoms with Gasteiger partial charge in [-0.05, 0) is 59.5 Å². The molecule has 7 heteroatoms. The summed E-state index contributed by atoms with van der Waals surface area (Å²) in [5, 5.41) is 10.7. The fourth-order valence-corrected chi connectivity index (χ4v) is 3.11. The van der Waals surface area contributed by atoms with E-state index in [-0.39, 0.29) is 11.4 Å². The van der Waals surface area contributed by atoms with Crippen molar-refractivity contribution in [3.8, 4) is 16.9 Å². The minimum atomic E-state index is -0.501. The van der Waals surface area contributed by atoms with Gasteiger partial charge in [0.25, 0.3) is 5.69 Å². The monoisotopic (exact) mass is 361 g/mol. The fraction of sp³-hybridized carbons (Fsp3) is 0.100. The predicted octanol–water partition coefficient (Wildman–Crippen LogP) is 4.22. The number of ether oxygens (including phenoxy) is 1. The van der Waals surface area contributed by atoms with Gasteiger partial charge in [0.15, 0.2) is 0 Å². The van der Waals surface area contributed by atoms with Gasteiger partial charge in [-0.1, -0.05) is 6.07 Å². The number of aromatic nitrogens is 1. The number of carbonyl (C=O) groups is 1. The van der Waals surface area contributed by atoms with Crippen molar-refractivity contribution in [1.82, 2.24) is 4.98 Å². The van der Waals surface area contributed by atoms with Crippen molar-refractivity contribution in [3.63, 3.8) is 0 Å². The third kappa shape index (κ3) is 3.35. The van der Waals surface area contributed by atoms with Crippen LogP contribution >= 0.6 is 0 Å². The number of fused-ring (bicyclic) bond motifs is 1. The number of nitrogens with zero attached hydrogens (tertiary/aromatic N) is 3. The normalized spacial score (nSPS) is 12.5. The Labute approximate surface area is 155 Å². The van der Waals surface area contributed by atoms with Crippen LogP contribution in [0.1, 0.15) is 5.56 Å². The molecule has 0 saturated carbocycles. The molecule has 27 heavy (non-hydrogen) atoms. The number of amides is 1. The van der Waals surface area contributed by atoms with Gasteiger partial charge in [0.05, 0.1) is 10.6 Å². The zero-order valence-electron chi connectivity index (χ0n) is 14.2. The van der Waals surface area contributed by atoms with E-state index in [1.54, 1.807) is 17.3 Å². The fourth-order valence-electron chi connectivity index (χ4n) is 3.11. The van der Waals surface area contributed by atoms with Gasteiger partial charge in [-0.25, -0.2) is 4.79 Å². The second kappa shape index (κ2) is 6.87. The van der Waals surface area contributed by atoms with Crippen molar-refractivity contribution in [3.05, 3.63) is 82.7 Å². The molecule has 0 spiro atoms. The highest BCUT2D eigenvalue weighted by atomic mass is 16.6. The first-order chi connectivity index (χ1) is 13.1. The van der Waals surface area contributed by atoms with Gasteiger partial charge in [0.2, 0.25) is 0 Å². The van der Waals surface area contributed by atoms with Gasteiger partial charge in [-0.15, -0.1) is 0 Å². The molecule has 1 aliphatic heterocycles. The van der Waals surface area contributed by atoms with Crippen LogP contribution in [-0.2, 0) is 6.42 Å². The summed E-state index contributed by atoms with van der Waals surface area (Å²) in [4.78, 5) is 28.3. The van der Waals surface area contributed by atoms with E-state index in [0.717, 1.165) is 28.8 Å². The van der Waals surface area contributed by atoms with Crippen LogP contribution in [0.25, 0.3) is 11.1 Å². The lowest BCUT2D eigenvalue weighted by atomic mass is 10.0. The third-order valence-electron chi connectivity index (χ3n) is 4.46. The van der Waals surface area contributed by atoms with Crippen LogP contribution in [0.5, 0.6) is 5.75 Å². The van der Waals surface area contributed by atoms with E-state index in [1.807, 2.05) is 24.3 Å². The first-order valence-electron chi connectivity index (χ1n) is 8.39. The highest BCUT2D eigenvalue weighted by Crippen LogP contribution is 2.33. The molecule has 0 bridgehead atoms. The Balaban J connectivity index is 1.52. The van der Waals surface area contributed by atoms with Crippen LogP contribution in [0.3, 0.4) is 0 Å². The molecule has 7 nitrogen and oxygen atoms in total. The average Bonchev–Trinajstić information content (AvgIpc) is 3.12. The molecule has 0 saturated heterocycles. The van der Waals surface area contributed by atoms with Crippen LogP contribution in [0.15, 0.2) is 67.0 Å². The van der Waals surface area contributed by atoms with Crippen LogP contribution in [-0.4, -0.2) is 22.5 Å². The van der Waals surface area contributed by atoms with Gasteiger partial charge >= 0.3 is 6.09 Å². The zero-order chi connectivity index (χ0) is 18.8. The van der Waals surface area contributed by atoms with E-state index >= 15 is 0 Å². The van der Waals surface area contributed by atoms with Gasteiger partial charge < -0.3 is 4.74 Å². The highest BCUT2D eigenvalue weighted by Gasteiger charge is 2.26. The number of nitro groups is 1. The van der Waals surface area contributed by atoms with E-state index in [2.05, 4.69) is 11.1 Å². The molecule has 3 aromatic rings. The van der Waals surface area contributed by atoms with E-state index < -0.39 is 11.0 Å². The number of nitro benzene ring substituents is 1. The summed E-state index contributed by atoms with van der Waals surface area (Å²) in [7, 11) is 0. The minimum Gasteiger partial charge on any atom is -0.410 e. The van der Waals surface area contributed by atoms with Gasteiger partial charge in [0.1, 0.15) is 5.75 Å². The molecule has 2 aromatic carbocycles. The number of anilines is 1. The molecule has 0 atom stereocenters. The number of carbonyl (C=O) groups excluding carboxylic acids is 1. The van der Waals surface area contributed by atoms with E-state index in [9.17, 15) is 14.9 Å². The number of pyridine rings is 1. The van der Waals surface area contributed by atoms with Crippen LogP contribution in [0.4, 0.5) is 16.2 Å². The molecule has 4 rings (SSSR count). The SMILES string of the molecule is O=C(Oc1ccc([N+](=O)[O-])cc1)N1CCc2cc(-c3ccncc3)ccc21. The third-order valence-corrected chi connectivity index (χ3v) is 4.46. The number of hydrogen-bond donors (Lipinski definition) is 0. The molecule has 134 valence electrons. The Morgan fingerprint density at radius 3 is 2.48 bits per heavy atom. The maximum absolute atomic E-state index is 12.5. The highest BCUT2D eigenvalue weighted by molar-refractivity contribution is 5.92. The smallest absolute Gasteiger partial charge is 0.410 e. The summed E-state index contributed by atoms with van der Waals surface area (Å²) in [5.41, 5.74) is 3.98. The van der Waals surface area contributed by atoms with Gasteiger partial charge in [-0.2, -0.15) is 0 Å². The second-order valence-electron chi connectivity index (χ2n) is 6.10. The van der Waals surface area contributed by atoms with Crippen molar-refractivity contribution in [2.75, 3.05) is 11.4 Å². The Bertz CT molecular complexity index is 1000. The summed E-state index contributed by atoms with van der Waals surface area (Å²) < 4.78 is 5.36. The lowest BCUT2D eigenvalue weighted by Crippen LogP contribution is -2.31. The summed E-state index contributed by atoms with van der Waals surface area (Å²) in [6.45, 7) is 0.529. The molecular formula is C20H15N3O4. The average molecular weight is 361 g/mol. The lowest BCUT2D eigenvalue weighted by Gasteiger charge is -2.17. The maximum Gasteiger partial charge on any atom is 0.419 e. The maximum atomic E-state index is 12.5. The number of non-ortho nitro benzene ring substituents is 1. The number of benzene rings is 2.